The van der Waals surface area contributed by atoms with Crippen molar-refractivity contribution in [3.63, 3.8) is 0 Å². The van der Waals surface area contributed by atoms with E-state index in [-0.39, 0.29) is 0 Å². The number of benzene rings is 1. The lowest BCUT2D eigenvalue weighted by molar-refractivity contribution is 0.752. The SMILES string of the molecule is CC(C)C(=Cc1cc(Cl)ccc1Br)CN. The summed E-state index contributed by atoms with van der Waals surface area (Å²) in [5.41, 5.74) is 7.99. The first-order valence-corrected chi connectivity index (χ1v) is 6.07. The van der Waals surface area contributed by atoms with E-state index in [2.05, 4.69) is 35.9 Å². The zero-order valence-corrected chi connectivity index (χ0v) is 11.3. The predicted octanol–water partition coefficient (Wildman–Crippen LogP) is 4.10. The summed E-state index contributed by atoms with van der Waals surface area (Å²) in [6.07, 6.45) is 2.10. The van der Waals surface area contributed by atoms with E-state index < -0.39 is 0 Å². The van der Waals surface area contributed by atoms with Crippen molar-refractivity contribution in [3.05, 3.63) is 38.8 Å². The Morgan fingerprint density at radius 3 is 2.73 bits per heavy atom. The highest BCUT2D eigenvalue weighted by molar-refractivity contribution is 9.10. The lowest BCUT2D eigenvalue weighted by Crippen LogP contribution is -2.08. The first kappa shape index (κ1) is 12.8. The molecule has 3 heteroatoms. The van der Waals surface area contributed by atoms with Gasteiger partial charge in [0.25, 0.3) is 0 Å². The normalized spacial score (nSPS) is 12.3. The van der Waals surface area contributed by atoms with Crippen molar-refractivity contribution in [1.82, 2.24) is 0 Å². The minimum Gasteiger partial charge on any atom is -0.327 e. The fraction of sp³-hybridized carbons (Fsp3) is 0.333. The molecule has 0 unspecified atom stereocenters. The summed E-state index contributed by atoms with van der Waals surface area (Å²) < 4.78 is 1.04. The van der Waals surface area contributed by atoms with Crippen molar-refractivity contribution >= 4 is 33.6 Å². The fourth-order valence-corrected chi connectivity index (χ4v) is 1.83. The van der Waals surface area contributed by atoms with E-state index in [0.29, 0.717) is 12.5 Å². The van der Waals surface area contributed by atoms with Crippen LogP contribution in [0.15, 0.2) is 28.2 Å². The third kappa shape index (κ3) is 3.63. The van der Waals surface area contributed by atoms with Crippen LogP contribution < -0.4 is 5.73 Å². The maximum Gasteiger partial charge on any atom is 0.0412 e. The average Bonchev–Trinajstić information content (AvgIpc) is 2.18. The average molecular weight is 289 g/mol. The van der Waals surface area contributed by atoms with Crippen LogP contribution in [-0.4, -0.2) is 6.54 Å². The lowest BCUT2D eigenvalue weighted by atomic mass is 10.0. The van der Waals surface area contributed by atoms with Crippen molar-refractivity contribution in [2.45, 2.75) is 13.8 Å². The summed E-state index contributed by atoms with van der Waals surface area (Å²) in [5, 5.41) is 0.740. The minimum absolute atomic E-state index is 0.459. The molecule has 0 amide bonds. The highest BCUT2D eigenvalue weighted by atomic mass is 79.9. The number of halogens is 2. The predicted molar refractivity (Wildman–Crippen MR) is 71.0 cm³/mol. The summed E-state index contributed by atoms with van der Waals surface area (Å²) in [6, 6.07) is 5.74. The summed E-state index contributed by atoms with van der Waals surface area (Å²) in [7, 11) is 0. The summed E-state index contributed by atoms with van der Waals surface area (Å²) >= 11 is 9.43. The Labute approximate surface area is 104 Å². The minimum atomic E-state index is 0.459. The maximum atomic E-state index is 5.94. The quantitative estimate of drug-likeness (QED) is 0.890. The standard InChI is InChI=1S/C12H15BrClN/c1-8(2)10(7-15)5-9-6-11(14)3-4-12(9)13/h3-6,8H,7,15H2,1-2H3. The maximum absolute atomic E-state index is 5.94. The van der Waals surface area contributed by atoms with Crippen molar-refractivity contribution in [3.8, 4) is 0 Å². The van der Waals surface area contributed by atoms with Gasteiger partial charge >= 0.3 is 0 Å². The molecule has 1 rings (SSSR count). The molecule has 1 nitrogen and oxygen atoms in total. The van der Waals surface area contributed by atoms with E-state index in [9.17, 15) is 0 Å². The second kappa shape index (κ2) is 5.69. The van der Waals surface area contributed by atoms with Gasteiger partial charge in [0.15, 0.2) is 0 Å². The van der Waals surface area contributed by atoms with Crippen LogP contribution in [0.4, 0.5) is 0 Å². The van der Waals surface area contributed by atoms with Crippen LogP contribution in [0.5, 0.6) is 0 Å². The van der Waals surface area contributed by atoms with Crippen molar-refractivity contribution in [2.24, 2.45) is 11.7 Å². The van der Waals surface area contributed by atoms with Crippen LogP contribution in [0.1, 0.15) is 19.4 Å². The van der Waals surface area contributed by atoms with E-state index in [1.165, 1.54) is 5.57 Å². The molecular formula is C12H15BrClN. The first-order valence-electron chi connectivity index (χ1n) is 4.90. The molecule has 0 spiro atoms. The molecule has 0 radical (unpaired) electrons. The highest BCUT2D eigenvalue weighted by Crippen LogP contribution is 2.24. The van der Waals surface area contributed by atoms with Crippen molar-refractivity contribution < 1.29 is 0 Å². The number of hydrogen-bond acceptors (Lipinski definition) is 1. The molecule has 0 atom stereocenters. The number of rotatable bonds is 3. The number of nitrogens with two attached hydrogens (primary N) is 1. The van der Waals surface area contributed by atoms with Gasteiger partial charge in [0, 0.05) is 16.0 Å². The molecule has 0 fully saturated rings. The molecule has 1 aromatic rings. The lowest BCUT2D eigenvalue weighted by Gasteiger charge is -2.09. The summed E-state index contributed by atoms with van der Waals surface area (Å²) in [6.45, 7) is 4.85. The van der Waals surface area contributed by atoms with Gasteiger partial charge < -0.3 is 5.73 Å². The van der Waals surface area contributed by atoms with E-state index in [4.69, 9.17) is 17.3 Å². The molecule has 1 aromatic carbocycles. The molecule has 0 saturated carbocycles. The molecule has 0 bridgehead atoms. The molecule has 15 heavy (non-hydrogen) atoms. The second-order valence-electron chi connectivity index (χ2n) is 3.74. The molecule has 82 valence electrons. The van der Waals surface area contributed by atoms with Crippen LogP contribution in [0.3, 0.4) is 0 Å². The van der Waals surface area contributed by atoms with Gasteiger partial charge in [-0.25, -0.2) is 0 Å². The monoisotopic (exact) mass is 287 g/mol. The zero-order valence-electron chi connectivity index (χ0n) is 8.93. The van der Waals surface area contributed by atoms with Gasteiger partial charge in [0.1, 0.15) is 0 Å². The van der Waals surface area contributed by atoms with Gasteiger partial charge in [-0.2, -0.15) is 0 Å². The highest BCUT2D eigenvalue weighted by Gasteiger charge is 2.03. The first-order chi connectivity index (χ1) is 7.04. The molecule has 0 aromatic heterocycles. The van der Waals surface area contributed by atoms with E-state index in [1.807, 2.05) is 18.2 Å². The van der Waals surface area contributed by atoms with Gasteiger partial charge in [-0.1, -0.05) is 53.0 Å². The Kier molecular flexibility index (Phi) is 4.84. The Morgan fingerprint density at radius 1 is 1.53 bits per heavy atom. The van der Waals surface area contributed by atoms with Gasteiger partial charge in [-0.3, -0.25) is 0 Å². The smallest absolute Gasteiger partial charge is 0.0412 e. The molecule has 2 N–H and O–H groups in total. The van der Waals surface area contributed by atoms with E-state index >= 15 is 0 Å². The third-order valence-electron chi connectivity index (χ3n) is 2.28. The van der Waals surface area contributed by atoms with Gasteiger partial charge in [-0.15, -0.1) is 0 Å². The van der Waals surface area contributed by atoms with Crippen LogP contribution >= 0.6 is 27.5 Å². The van der Waals surface area contributed by atoms with E-state index in [0.717, 1.165) is 15.1 Å². The van der Waals surface area contributed by atoms with Crippen LogP contribution in [0, 0.1) is 5.92 Å². The van der Waals surface area contributed by atoms with Crippen LogP contribution in [-0.2, 0) is 0 Å². The second-order valence-corrected chi connectivity index (χ2v) is 5.03. The Morgan fingerprint density at radius 2 is 2.20 bits per heavy atom. The van der Waals surface area contributed by atoms with Gasteiger partial charge in [-0.05, 0) is 29.7 Å². The zero-order chi connectivity index (χ0) is 11.4. The fourth-order valence-electron chi connectivity index (χ4n) is 1.29. The Hall–Kier alpha value is -0.310. The molecular weight excluding hydrogens is 273 g/mol. The number of hydrogen-bond donors (Lipinski definition) is 1. The largest absolute Gasteiger partial charge is 0.327 e. The topological polar surface area (TPSA) is 26.0 Å². The van der Waals surface area contributed by atoms with Crippen LogP contribution in [0.2, 0.25) is 5.02 Å². The Balaban J connectivity index is 3.10. The van der Waals surface area contributed by atoms with E-state index in [1.54, 1.807) is 0 Å². The third-order valence-corrected chi connectivity index (χ3v) is 3.23. The van der Waals surface area contributed by atoms with Crippen LogP contribution in [0.25, 0.3) is 6.08 Å². The molecule has 0 heterocycles. The summed E-state index contributed by atoms with van der Waals surface area (Å²) in [4.78, 5) is 0. The van der Waals surface area contributed by atoms with Gasteiger partial charge in [0.2, 0.25) is 0 Å². The molecule has 0 aliphatic carbocycles. The van der Waals surface area contributed by atoms with Crippen molar-refractivity contribution in [2.75, 3.05) is 6.54 Å². The Bertz CT molecular complexity index is 372. The van der Waals surface area contributed by atoms with Crippen molar-refractivity contribution in [1.29, 1.82) is 0 Å². The summed E-state index contributed by atoms with van der Waals surface area (Å²) in [5.74, 6) is 0.459. The molecule has 0 aliphatic rings. The molecule has 0 aliphatic heterocycles. The van der Waals surface area contributed by atoms with Gasteiger partial charge in [0.05, 0.1) is 0 Å². The molecule has 0 saturated heterocycles.